The van der Waals surface area contributed by atoms with Gasteiger partial charge in [0.2, 0.25) is 5.91 Å². The molecule has 3 aromatic carbocycles. The van der Waals surface area contributed by atoms with E-state index in [1.165, 1.54) is 19.8 Å². The maximum absolute atomic E-state index is 11.3. The van der Waals surface area contributed by atoms with Crippen LogP contribution in [0.5, 0.6) is 17.2 Å². The maximum atomic E-state index is 11.3. The van der Waals surface area contributed by atoms with E-state index < -0.39 is 0 Å². The summed E-state index contributed by atoms with van der Waals surface area (Å²) in [5.74, 6) is 2.10. The lowest BCUT2D eigenvalue weighted by Gasteiger charge is -2.15. The summed E-state index contributed by atoms with van der Waals surface area (Å²) < 4.78 is 12.0. The number of ether oxygens (including phenoxy) is 2. The second kappa shape index (κ2) is 8.97. The first kappa shape index (κ1) is 20.5. The summed E-state index contributed by atoms with van der Waals surface area (Å²) in [7, 11) is 0. The monoisotopic (exact) mass is 423 g/mol. The van der Waals surface area contributed by atoms with Gasteiger partial charge in [-0.2, -0.15) is 0 Å². The van der Waals surface area contributed by atoms with Crippen LogP contribution >= 0.6 is 11.6 Å². The van der Waals surface area contributed by atoms with Crippen LogP contribution in [0.3, 0.4) is 0 Å². The molecule has 0 aliphatic heterocycles. The van der Waals surface area contributed by atoms with Crippen molar-refractivity contribution in [3.63, 3.8) is 0 Å². The van der Waals surface area contributed by atoms with E-state index in [-0.39, 0.29) is 18.1 Å². The van der Waals surface area contributed by atoms with E-state index >= 15 is 0 Å². The molecule has 0 aromatic heterocycles. The minimum atomic E-state index is -0.0373. The van der Waals surface area contributed by atoms with Crippen molar-refractivity contribution >= 4 is 28.3 Å². The molecule has 156 valence electrons. The summed E-state index contributed by atoms with van der Waals surface area (Å²) in [6.45, 7) is 3.50. The Morgan fingerprint density at radius 2 is 1.67 bits per heavy atom. The van der Waals surface area contributed by atoms with Gasteiger partial charge in [-0.05, 0) is 79.3 Å². The van der Waals surface area contributed by atoms with Crippen molar-refractivity contribution in [3.8, 4) is 17.2 Å². The highest BCUT2D eigenvalue weighted by atomic mass is 35.5. The van der Waals surface area contributed by atoms with Crippen LogP contribution < -0.4 is 14.8 Å². The lowest BCUT2D eigenvalue weighted by molar-refractivity contribution is -0.119. The third-order valence-electron chi connectivity index (χ3n) is 5.49. The first-order valence-corrected chi connectivity index (χ1v) is 10.8. The number of halogens is 1. The Morgan fingerprint density at radius 1 is 1.00 bits per heavy atom. The van der Waals surface area contributed by atoms with E-state index in [2.05, 4.69) is 11.4 Å². The summed E-state index contributed by atoms with van der Waals surface area (Å²) in [6.07, 6.45) is 4.90. The molecular formula is C25H26ClNO3. The highest BCUT2D eigenvalue weighted by Gasteiger charge is 2.18. The van der Waals surface area contributed by atoms with E-state index in [9.17, 15) is 4.79 Å². The van der Waals surface area contributed by atoms with Gasteiger partial charge in [0.25, 0.3) is 0 Å². The van der Waals surface area contributed by atoms with Gasteiger partial charge in [-0.1, -0.05) is 29.8 Å². The smallest absolute Gasteiger partial charge is 0.217 e. The molecule has 0 saturated heterocycles. The summed E-state index contributed by atoms with van der Waals surface area (Å²) in [5.41, 5.74) is 1.07. The summed E-state index contributed by atoms with van der Waals surface area (Å²) in [5, 5.41) is 5.64. The standard InChI is InChI=1S/C25H26ClNO3/c1-16(27-17(2)28)18-7-8-20-14-22(10-9-19(20)13-18)29-23-11-12-25(24(26)15-23)30-21-5-3-4-6-21/h7-16,21H,3-6H2,1-2H3,(H,27,28). The second-order valence-electron chi connectivity index (χ2n) is 7.91. The van der Waals surface area contributed by atoms with Gasteiger partial charge in [-0.3, -0.25) is 4.79 Å². The predicted octanol–water partition coefficient (Wildman–Crippen LogP) is 6.80. The molecular weight excluding hydrogens is 398 g/mol. The first-order chi connectivity index (χ1) is 14.5. The molecule has 1 aliphatic rings. The molecule has 1 fully saturated rings. The lowest BCUT2D eigenvalue weighted by Crippen LogP contribution is -2.23. The van der Waals surface area contributed by atoms with Gasteiger partial charge in [-0.25, -0.2) is 0 Å². The van der Waals surface area contributed by atoms with E-state index in [4.69, 9.17) is 21.1 Å². The van der Waals surface area contributed by atoms with Crippen molar-refractivity contribution in [3.05, 3.63) is 65.2 Å². The number of nitrogens with one attached hydrogen (secondary N) is 1. The van der Waals surface area contributed by atoms with Crippen molar-refractivity contribution in [2.24, 2.45) is 0 Å². The van der Waals surface area contributed by atoms with Crippen LogP contribution in [0.25, 0.3) is 10.8 Å². The van der Waals surface area contributed by atoms with Crippen molar-refractivity contribution in [1.29, 1.82) is 0 Å². The van der Waals surface area contributed by atoms with Gasteiger partial charge < -0.3 is 14.8 Å². The van der Waals surface area contributed by atoms with Gasteiger partial charge in [0.05, 0.1) is 17.2 Å². The Morgan fingerprint density at radius 3 is 2.40 bits per heavy atom. The van der Waals surface area contributed by atoms with Crippen LogP contribution in [-0.2, 0) is 4.79 Å². The van der Waals surface area contributed by atoms with Crippen LogP contribution in [0.1, 0.15) is 51.1 Å². The highest BCUT2D eigenvalue weighted by molar-refractivity contribution is 6.32. The Labute approximate surface area is 182 Å². The van der Waals surface area contributed by atoms with Crippen LogP contribution in [0.15, 0.2) is 54.6 Å². The fourth-order valence-corrected chi connectivity index (χ4v) is 4.14. The van der Waals surface area contributed by atoms with Gasteiger partial charge >= 0.3 is 0 Å². The topological polar surface area (TPSA) is 47.6 Å². The Bertz CT molecular complexity index is 1060. The number of fused-ring (bicyclic) bond motifs is 1. The zero-order valence-electron chi connectivity index (χ0n) is 17.3. The lowest BCUT2D eigenvalue weighted by atomic mass is 10.0. The van der Waals surface area contributed by atoms with E-state index in [0.717, 1.165) is 40.7 Å². The molecule has 0 bridgehead atoms. The van der Waals surface area contributed by atoms with Crippen LogP contribution in [0, 0.1) is 0 Å². The summed E-state index contributed by atoms with van der Waals surface area (Å²) in [4.78, 5) is 11.3. The summed E-state index contributed by atoms with van der Waals surface area (Å²) >= 11 is 6.42. The average molecular weight is 424 g/mol. The van der Waals surface area contributed by atoms with Crippen molar-refractivity contribution in [2.45, 2.75) is 51.7 Å². The molecule has 3 aromatic rings. The maximum Gasteiger partial charge on any atom is 0.217 e. The third kappa shape index (κ3) is 4.88. The van der Waals surface area contributed by atoms with Gasteiger partial charge in [0, 0.05) is 13.0 Å². The number of carbonyl (C=O) groups is 1. The van der Waals surface area contributed by atoms with Gasteiger partial charge in [0.15, 0.2) is 0 Å². The molecule has 0 radical (unpaired) electrons. The first-order valence-electron chi connectivity index (χ1n) is 10.4. The fraction of sp³-hybridized carbons (Fsp3) is 0.320. The van der Waals surface area contributed by atoms with Crippen LogP contribution in [0.2, 0.25) is 5.02 Å². The molecule has 0 heterocycles. The normalized spacial score (nSPS) is 15.2. The number of benzene rings is 3. The van der Waals surface area contributed by atoms with Crippen LogP contribution in [0.4, 0.5) is 0 Å². The van der Waals surface area contributed by atoms with Crippen molar-refractivity contribution < 1.29 is 14.3 Å². The second-order valence-corrected chi connectivity index (χ2v) is 8.32. The predicted molar refractivity (Wildman–Crippen MR) is 121 cm³/mol. The summed E-state index contributed by atoms with van der Waals surface area (Å²) in [6, 6.07) is 17.7. The third-order valence-corrected chi connectivity index (χ3v) is 5.79. The van der Waals surface area contributed by atoms with E-state index in [1.807, 2.05) is 49.4 Å². The molecule has 1 unspecified atom stereocenters. The molecule has 4 rings (SSSR count). The van der Waals surface area contributed by atoms with Gasteiger partial charge in [0.1, 0.15) is 17.2 Å². The molecule has 1 aliphatic carbocycles. The molecule has 1 saturated carbocycles. The van der Waals surface area contributed by atoms with E-state index in [0.29, 0.717) is 10.8 Å². The Kier molecular flexibility index (Phi) is 6.14. The van der Waals surface area contributed by atoms with Crippen molar-refractivity contribution in [1.82, 2.24) is 5.32 Å². The number of hydrogen-bond donors (Lipinski definition) is 1. The largest absolute Gasteiger partial charge is 0.489 e. The quantitative estimate of drug-likeness (QED) is 0.474. The minimum Gasteiger partial charge on any atom is -0.489 e. The number of amides is 1. The Balaban J connectivity index is 1.48. The molecule has 0 spiro atoms. The number of carbonyl (C=O) groups excluding carboxylic acids is 1. The number of hydrogen-bond acceptors (Lipinski definition) is 3. The number of rotatable bonds is 6. The SMILES string of the molecule is CC(=O)NC(C)c1ccc2cc(Oc3ccc(OC4CCCC4)c(Cl)c3)ccc2c1. The van der Waals surface area contributed by atoms with Crippen LogP contribution in [-0.4, -0.2) is 12.0 Å². The molecule has 1 N–H and O–H groups in total. The average Bonchev–Trinajstić information content (AvgIpc) is 3.22. The van der Waals surface area contributed by atoms with Crippen molar-refractivity contribution in [2.75, 3.05) is 0 Å². The molecule has 4 nitrogen and oxygen atoms in total. The molecule has 1 amide bonds. The van der Waals surface area contributed by atoms with E-state index in [1.54, 1.807) is 6.07 Å². The zero-order chi connectivity index (χ0) is 21.1. The van der Waals surface area contributed by atoms with Gasteiger partial charge in [-0.15, -0.1) is 0 Å². The molecule has 1 atom stereocenters. The molecule has 30 heavy (non-hydrogen) atoms. The highest BCUT2D eigenvalue weighted by Crippen LogP contribution is 2.34. The fourth-order valence-electron chi connectivity index (χ4n) is 3.93. The zero-order valence-corrected chi connectivity index (χ0v) is 18.0. The molecule has 5 heteroatoms. The minimum absolute atomic E-state index is 0.0325. The Hall–Kier alpha value is -2.72.